The molecule has 2 amide bonds. The normalized spacial score (nSPS) is 9.57. The molecule has 0 spiro atoms. The highest BCUT2D eigenvalue weighted by molar-refractivity contribution is 5.95. The SMILES string of the molecule is Cc1cccc(C(=O)NNC(=O)COc2ccc(C#N)cc2)c1. The van der Waals surface area contributed by atoms with Crippen molar-refractivity contribution in [1.29, 1.82) is 5.26 Å². The number of nitrogens with zero attached hydrogens (tertiary/aromatic N) is 1. The molecule has 23 heavy (non-hydrogen) atoms. The van der Waals surface area contributed by atoms with Crippen molar-refractivity contribution in [2.24, 2.45) is 0 Å². The van der Waals surface area contributed by atoms with Crippen LogP contribution in [0.1, 0.15) is 21.5 Å². The van der Waals surface area contributed by atoms with Crippen molar-refractivity contribution in [2.45, 2.75) is 6.92 Å². The topological polar surface area (TPSA) is 91.2 Å². The number of hydrogen-bond acceptors (Lipinski definition) is 4. The Kier molecular flexibility index (Phi) is 5.31. The maximum Gasteiger partial charge on any atom is 0.276 e. The van der Waals surface area contributed by atoms with Crippen LogP contribution in [0.4, 0.5) is 0 Å². The van der Waals surface area contributed by atoms with Gasteiger partial charge in [0.25, 0.3) is 11.8 Å². The van der Waals surface area contributed by atoms with Crippen LogP contribution in [0.2, 0.25) is 0 Å². The Morgan fingerprint density at radius 2 is 1.87 bits per heavy atom. The van der Waals surface area contributed by atoms with Crippen molar-refractivity contribution >= 4 is 11.8 Å². The number of ether oxygens (including phenoxy) is 1. The van der Waals surface area contributed by atoms with Crippen LogP contribution in [-0.2, 0) is 4.79 Å². The van der Waals surface area contributed by atoms with Crippen LogP contribution in [0.25, 0.3) is 0 Å². The average molecular weight is 309 g/mol. The summed E-state index contributed by atoms with van der Waals surface area (Å²) in [6, 6.07) is 15.4. The summed E-state index contributed by atoms with van der Waals surface area (Å²) in [7, 11) is 0. The molecule has 2 aromatic carbocycles. The quantitative estimate of drug-likeness (QED) is 0.841. The van der Waals surface area contributed by atoms with Gasteiger partial charge in [0, 0.05) is 5.56 Å². The standard InChI is InChI=1S/C17H15N3O3/c1-12-3-2-4-14(9-12)17(22)20-19-16(21)11-23-15-7-5-13(10-18)6-8-15/h2-9H,11H2,1H3,(H,19,21)(H,20,22). The van der Waals surface area contributed by atoms with Crippen LogP contribution in [0.15, 0.2) is 48.5 Å². The Morgan fingerprint density at radius 3 is 2.52 bits per heavy atom. The zero-order valence-electron chi connectivity index (χ0n) is 12.5. The number of aryl methyl sites for hydroxylation is 1. The van der Waals surface area contributed by atoms with Gasteiger partial charge < -0.3 is 4.74 Å². The Morgan fingerprint density at radius 1 is 1.13 bits per heavy atom. The molecule has 0 saturated heterocycles. The zero-order valence-corrected chi connectivity index (χ0v) is 12.5. The molecule has 0 aliphatic carbocycles. The highest BCUT2D eigenvalue weighted by Gasteiger charge is 2.08. The molecule has 2 N–H and O–H groups in total. The molecular formula is C17H15N3O3. The lowest BCUT2D eigenvalue weighted by Crippen LogP contribution is -2.43. The predicted octanol–water partition coefficient (Wildman–Crippen LogP) is 1.71. The number of benzene rings is 2. The van der Waals surface area contributed by atoms with E-state index in [1.165, 1.54) is 0 Å². The number of nitriles is 1. The minimum absolute atomic E-state index is 0.250. The molecule has 0 atom stereocenters. The number of hydrogen-bond donors (Lipinski definition) is 2. The lowest BCUT2D eigenvalue weighted by Gasteiger charge is -2.09. The number of carbonyl (C=O) groups excluding carboxylic acids is 2. The molecule has 0 radical (unpaired) electrons. The molecule has 0 bridgehead atoms. The highest BCUT2D eigenvalue weighted by Crippen LogP contribution is 2.11. The molecule has 0 aliphatic heterocycles. The summed E-state index contributed by atoms with van der Waals surface area (Å²) in [5.74, 6) is -0.431. The molecule has 6 nitrogen and oxygen atoms in total. The van der Waals surface area contributed by atoms with Crippen molar-refractivity contribution in [1.82, 2.24) is 10.9 Å². The maximum atomic E-state index is 11.8. The van der Waals surface area contributed by atoms with Gasteiger partial charge in [-0.05, 0) is 43.3 Å². The minimum Gasteiger partial charge on any atom is -0.484 e. The van der Waals surface area contributed by atoms with Crippen molar-refractivity contribution in [3.63, 3.8) is 0 Å². The van der Waals surface area contributed by atoms with Crippen molar-refractivity contribution < 1.29 is 14.3 Å². The molecule has 2 aromatic rings. The first-order valence-corrected chi connectivity index (χ1v) is 6.87. The third kappa shape index (κ3) is 4.86. The van der Waals surface area contributed by atoms with Gasteiger partial charge in [0.2, 0.25) is 0 Å². The Balaban J connectivity index is 1.78. The fraction of sp³-hybridized carbons (Fsp3) is 0.118. The Bertz CT molecular complexity index is 748. The van der Waals surface area contributed by atoms with E-state index in [4.69, 9.17) is 10.00 Å². The van der Waals surface area contributed by atoms with Gasteiger partial charge in [-0.1, -0.05) is 17.7 Å². The number of rotatable bonds is 4. The lowest BCUT2D eigenvalue weighted by atomic mass is 10.1. The van der Waals surface area contributed by atoms with Crippen LogP contribution in [0.3, 0.4) is 0 Å². The molecule has 116 valence electrons. The summed E-state index contributed by atoms with van der Waals surface area (Å²) in [6.07, 6.45) is 0. The van der Waals surface area contributed by atoms with E-state index in [1.54, 1.807) is 42.5 Å². The fourth-order valence-electron chi connectivity index (χ4n) is 1.80. The molecule has 0 aliphatic rings. The van der Waals surface area contributed by atoms with Gasteiger partial charge in [-0.25, -0.2) is 0 Å². The molecular weight excluding hydrogens is 294 g/mol. The van der Waals surface area contributed by atoms with Crippen molar-refractivity contribution in [3.05, 3.63) is 65.2 Å². The molecule has 0 saturated carbocycles. The van der Waals surface area contributed by atoms with Gasteiger partial charge in [0.15, 0.2) is 6.61 Å². The first-order valence-electron chi connectivity index (χ1n) is 6.87. The number of amides is 2. The summed E-state index contributed by atoms with van der Waals surface area (Å²) in [5.41, 5.74) is 6.51. The van der Waals surface area contributed by atoms with Crippen molar-refractivity contribution in [3.8, 4) is 11.8 Å². The van der Waals surface area contributed by atoms with Gasteiger partial charge in [-0.2, -0.15) is 5.26 Å². The van der Waals surface area contributed by atoms with E-state index >= 15 is 0 Å². The van der Waals surface area contributed by atoms with E-state index < -0.39 is 11.8 Å². The molecule has 0 aromatic heterocycles. The fourth-order valence-corrected chi connectivity index (χ4v) is 1.80. The van der Waals surface area contributed by atoms with Crippen molar-refractivity contribution in [2.75, 3.05) is 6.61 Å². The summed E-state index contributed by atoms with van der Waals surface area (Å²) in [6.45, 7) is 1.63. The third-order valence-electron chi connectivity index (χ3n) is 2.95. The summed E-state index contributed by atoms with van der Waals surface area (Å²) < 4.78 is 5.25. The smallest absolute Gasteiger partial charge is 0.276 e. The van der Waals surface area contributed by atoms with E-state index in [1.807, 2.05) is 19.1 Å². The first-order chi connectivity index (χ1) is 11.1. The molecule has 0 unspecified atom stereocenters. The molecule has 6 heteroatoms. The summed E-state index contributed by atoms with van der Waals surface area (Å²) >= 11 is 0. The van der Waals surface area contributed by atoms with Crippen LogP contribution < -0.4 is 15.6 Å². The van der Waals surface area contributed by atoms with Gasteiger partial charge in [0.1, 0.15) is 5.75 Å². The molecule has 2 rings (SSSR count). The second-order valence-electron chi connectivity index (χ2n) is 4.80. The second kappa shape index (κ2) is 7.61. The van der Waals surface area contributed by atoms with Gasteiger partial charge in [0.05, 0.1) is 11.6 Å². The van der Waals surface area contributed by atoms with E-state index in [0.29, 0.717) is 16.9 Å². The average Bonchev–Trinajstić information content (AvgIpc) is 2.58. The van der Waals surface area contributed by atoms with Gasteiger partial charge in [-0.15, -0.1) is 0 Å². The van der Waals surface area contributed by atoms with E-state index in [9.17, 15) is 9.59 Å². The number of hydrazine groups is 1. The third-order valence-corrected chi connectivity index (χ3v) is 2.95. The van der Waals surface area contributed by atoms with E-state index in [2.05, 4.69) is 10.9 Å². The largest absolute Gasteiger partial charge is 0.484 e. The number of nitrogens with one attached hydrogen (secondary N) is 2. The Labute approximate surface area is 133 Å². The molecule has 0 heterocycles. The van der Waals surface area contributed by atoms with Gasteiger partial charge >= 0.3 is 0 Å². The minimum atomic E-state index is -0.490. The Hall–Kier alpha value is -3.33. The van der Waals surface area contributed by atoms with E-state index in [-0.39, 0.29) is 6.61 Å². The maximum absolute atomic E-state index is 11.8. The summed E-state index contributed by atoms with van der Waals surface area (Å²) in [4.78, 5) is 23.5. The summed E-state index contributed by atoms with van der Waals surface area (Å²) in [5, 5.41) is 8.68. The number of carbonyl (C=O) groups is 2. The predicted molar refractivity (Wildman–Crippen MR) is 83.4 cm³/mol. The monoisotopic (exact) mass is 309 g/mol. The second-order valence-corrected chi connectivity index (χ2v) is 4.80. The van der Waals surface area contributed by atoms with Crippen LogP contribution in [0, 0.1) is 18.3 Å². The lowest BCUT2D eigenvalue weighted by molar-refractivity contribution is -0.123. The highest BCUT2D eigenvalue weighted by atomic mass is 16.5. The van der Waals surface area contributed by atoms with E-state index in [0.717, 1.165) is 5.56 Å². The molecule has 0 fully saturated rings. The first kappa shape index (κ1) is 16.0. The van der Waals surface area contributed by atoms with Crippen LogP contribution >= 0.6 is 0 Å². The van der Waals surface area contributed by atoms with Crippen LogP contribution in [0.5, 0.6) is 5.75 Å². The van der Waals surface area contributed by atoms with Crippen LogP contribution in [-0.4, -0.2) is 18.4 Å². The van der Waals surface area contributed by atoms with Gasteiger partial charge in [-0.3, -0.25) is 20.4 Å². The zero-order chi connectivity index (χ0) is 16.7.